The highest BCUT2D eigenvalue weighted by atomic mass is 32.2. The molecule has 7 heteroatoms. The lowest BCUT2D eigenvalue weighted by atomic mass is 10.1. The summed E-state index contributed by atoms with van der Waals surface area (Å²) in [4.78, 5) is 6.21. The number of nitrogens with zero attached hydrogens (tertiary/aromatic N) is 3. The van der Waals surface area contributed by atoms with Crippen LogP contribution in [0, 0.1) is 5.82 Å². The third-order valence-electron chi connectivity index (χ3n) is 3.96. The second-order valence-electron chi connectivity index (χ2n) is 5.47. The van der Waals surface area contributed by atoms with Crippen LogP contribution in [0.4, 0.5) is 10.1 Å². The fourth-order valence-electron chi connectivity index (χ4n) is 2.87. The molecule has 0 spiro atoms. The van der Waals surface area contributed by atoms with Crippen molar-refractivity contribution >= 4 is 26.6 Å². The Morgan fingerprint density at radius 2 is 1.95 bits per heavy atom. The van der Waals surface area contributed by atoms with E-state index in [9.17, 15) is 12.8 Å². The van der Waals surface area contributed by atoms with Crippen molar-refractivity contribution < 1.29 is 12.8 Å². The van der Waals surface area contributed by atoms with Gasteiger partial charge in [-0.3, -0.25) is 4.98 Å². The molecule has 1 aliphatic heterocycles. The minimum atomic E-state index is -3.17. The number of para-hydroxylation sites is 1. The van der Waals surface area contributed by atoms with Crippen molar-refractivity contribution in [2.45, 2.75) is 6.42 Å². The molecular weight excluding hydrogens is 305 g/mol. The molecule has 2 aromatic rings. The molecule has 0 radical (unpaired) electrons. The Bertz CT molecular complexity index is 794. The van der Waals surface area contributed by atoms with Gasteiger partial charge in [-0.25, -0.2) is 17.1 Å². The molecule has 118 valence electrons. The fourth-order valence-corrected chi connectivity index (χ4v) is 3.74. The van der Waals surface area contributed by atoms with Crippen molar-refractivity contribution in [3.8, 4) is 0 Å². The monoisotopic (exact) mass is 323 g/mol. The molecule has 1 aliphatic rings. The molecule has 2 heterocycles. The summed E-state index contributed by atoms with van der Waals surface area (Å²) in [5, 5.41) is 0.760. The van der Waals surface area contributed by atoms with E-state index in [1.54, 1.807) is 12.3 Å². The first-order valence-electron chi connectivity index (χ1n) is 7.20. The van der Waals surface area contributed by atoms with Crippen LogP contribution in [0.5, 0.6) is 0 Å². The van der Waals surface area contributed by atoms with Gasteiger partial charge in [0.1, 0.15) is 11.3 Å². The van der Waals surface area contributed by atoms with Gasteiger partial charge < -0.3 is 4.90 Å². The molecule has 1 aromatic heterocycles. The van der Waals surface area contributed by atoms with E-state index in [0.29, 0.717) is 25.2 Å². The number of sulfonamides is 1. The summed E-state index contributed by atoms with van der Waals surface area (Å²) in [5.41, 5.74) is 1.25. The summed E-state index contributed by atoms with van der Waals surface area (Å²) in [6, 6.07) is 6.77. The van der Waals surface area contributed by atoms with Crippen LogP contribution >= 0.6 is 0 Å². The molecule has 0 aliphatic carbocycles. The van der Waals surface area contributed by atoms with Gasteiger partial charge in [-0.2, -0.15) is 0 Å². The van der Waals surface area contributed by atoms with E-state index in [0.717, 1.165) is 24.0 Å². The zero-order valence-electron chi connectivity index (χ0n) is 12.4. The summed E-state index contributed by atoms with van der Waals surface area (Å²) >= 11 is 0. The highest BCUT2D eigenvalue weighted by Gasteiger charge is 2.22. The number of aromatic nitrogens is 1. The van der Waals surface area contributed by atoms with Gasteiger partial charge in [-0.1, -0.05) is 12.1 Å². The first-order chi connectivity index (χ1) is 10.5. The third-order valence-corrected chi connectivity index (χ3v) is 5.27. The molecule has 0 N–H and O–H groups in total. The topological polar surface area (TPSA) is 53.5 Å². The van der Waals surface area contributed by atoms with Crippen molar-refractivity contribution in [2.24, 2.45) is 0 Å². The van der Waals surface area contributed by atoms with E-state index in [4.69, 9.17) is 0 Å². The van der Waals surface area contributed by atoms with Crippen molar-refractivity contribution in [3.63, 3.8) is 0 Å². The molecule has 1 fully saturated rings. The van der Waals surface area contributed by atoms with Crippen LogP contribution in [0.25, 0.3) is 10.9 Å². The molecule has 5 nitrogen and oxygen atoms in total. The highest BCUT2D eigenvalue weighted by Crippen LogP contribution is 2.27. The maximum Gasteiger partial charge on any atom is 0.211 e. The molecule has 0 saturated carbocycles. The normalized spacial score (nSPS) is 17.6. The first-order valence-corrected chi connectivity index (χ1v) is 9.05. The lowest BCUT2D eigenvalue weighted by Crippen LogP contribution is -2.34. The van der Waals surface area contributed by atoms with Crippen LogP contribution in [-0.2, 0) is 10.0 Å². The maximum absolute atomic E-state index is 13.9. The van der Waals surface area contributed by atoms with Gasteiger partial charge in [0.25, 0.3) is 0 Å². The lowest BCUT2D eigenvalue weighted by Gasteiger charge is -2.24. The Morgan fingerprint density at radius 3 is 2.73 bits per heavy atom. The van der Waals surface area contributed by atoms with E-state index in [1.165, 1.54) is 16.6 Å². The number of anilines is 1. The predicted molar refractivity (Wildman–Crippen MR) is 84.9 cm³/mol. The number of fused-ring (bicyclic) bond motifs is 1. The number of hydrogen-bond acceptors (Lipinski definition) is 4. The molecule has 0 amide bonds. The maximum atomic E-state index is 13.9. The summed E-state index contributed by atoms with van der Waals surface area (Å²) < 4.78 is 38.7. The highest BCUT2D eigenvalue weighted by molar-refractivity contribution is 7.88. The summed E-state index contributed by atoms with van der Waals surface area (Å²) in [6.07, 6.45) is 3.58. The van der Waals surface area contributed by atoms with Crippen molar-refractivity contribution in [2.75, 3.05) is 37.3 Å². The van der Waals surface area contributed by atoms with E-state index in [2.05, 4.69) is 9.88 Å². The molecule has 0 bridgehead atoms. The van der Waals surface area contributed by atoms with Crippen LogP contribution in [0.2, 0.25) is 0 Å². The molecule has 3 rings (SSSR count). The Hall–Kier alpha value is -1.73. The minimum absolute atomic E-state index is 0.341. The molecular formula is C15H18FN3O2S. The van der Waals surface area contributed by atoms with Gasteiger partial charge in [0, 0.05) is 43.4 Å². The van der Waals surface area contributed by atoms with E-state index in [1.807, 2.05) is 12.1 Å². The van der Waals surface area contributed by atoms with E-state index >= 15 is 0 Å². The number of rotatable bonds is 2. The summed E-state index contributed by atoms with van der Waals surface area (Å²) in [6.45, 7) is 2.29. The minimum Gasteiger partial charge on any atom is -0.370 e. The van der Waals surface area contributed by atoms with Gasteiger partial charge in [0.05, 0.1) is 6.26 Å². The van der Waals surface area contributed by atoms with Gasteiger partial charge >= 0.3 is 0 Å². The predicted octanol–water partition coefficient (Wildman–Crippen LogP) is 1.85. The van der Waals surface area contributed by atoms with Gasteiger partial charge in [0.15, 0.2) is 0 Å². The SMILES string of the molecule is CS(=O)(=O)N1CCCN(c2ccnc3c(F)cccc23)CC1. The number of pyridine rings is 1. The molecule has 0 atom stereocenters. The average Bonchev–Trinajstić information content (AvgIpc) is 2.73. The van der Waals surface area contributed by atoms with Gasteiger partial charge in [-0.15, -0.1) is 0 Å². The van der Waals surface area contributed by atoms with Crippen LogP contribution in [0.1, 0.15) is 6.42 Å². The average molecular weight is 323 g/mol. The molecule has 1 aromatic carbocycles. The smallest absolute Gasteiger partial charge is 0.211 e. The largest absolute Gasteiger partial charge is 0.370 e. The standard InChI is InChI=1S/C15H18FN3O2S/c1-22(20,21)19-9-3-8-18(10-11-19)14-6-7-17-15-12(14)4-2-5-13(15)16/h2,4-7H,3,8-11H2,1H3. The zero-order chi connectivity index (χ0) is 15.7. The van der Waals surface area contributed by atoms with Gasteiger partial charge in [-0.05, 0) is 18.6 Å². The third kappa shape index (κ3) is 2.91. The number of hydrogen-bond donors (Lipinski definition) is 0. The van der Waals surface area contributed by atoms with Crippen LogP contribution in [0.15, 0.2) is 30.5 Å². The van der Waals surface area contributed by atoms with Crippen molar-refractivity contribution in [1.82, 2.24) is 9.29 Å². The molecule has 22 heavy (non-hydrogen) atoms. The van der Waals surface area contributed by atoms with E-state index < -0.39 is 10.0 Å². The second kappa shape index (κ2) is 5.81. The fraction of sp³-hybridized carbons (Fsp3) is 0.400. The van der Waals surface area contributed by atoms with Crippen LogP contribution < -0.4 is 4.90 Å². The zero-order valence-corrected chi connectivity index (χ0v) is 13.2. The molecule has 1 saturated heterocycles. The lowest BCUT2D eigenvalue weighted by molar-refractivity contribution is 0.437. The van der Waals surface area contributed by atoms with Crippen molar-refractivity contribution in [1.29, 1.82) is 0 Å². The van der Waals surface area contributed by atoms with Crippen LogP contribution in [0.3, 0.4) is 0 Å². The summed E-state index contributed by atoms with van der Waals surface area (Å²) in [7, 11) is -3.17. The second-order valence-corrected chi connectivity index (χ2v) is 7.45. The first kappa shape index (κ1) is 15.2. The Labute approximate surface area is 129 Å². The Kier molecular flexibility index (Phi) is 4.01. The van der Waals surface area contributed by atoms with Gasteiger partial charge in [0.2, 0.25) is 10.0 Å². The Morgan fingerprint density at radius 1 is 1.14 bits per heavy atom. The van der Waals surface area contributed by atoms with Crippen LogP contribution in [-0.4, -0.2) is 50.1 Å². The number of benzene rings is 1. The quantitative estimate of drug-likeness (QED) is 0.846. The number of halogens is 1. The molecule has 0 unspecified atom stereocenters. The summed E-state index contributed by atoms with van der Waals surface area (Å²) in [5.74, 6) is -0.341. The van der Waals surface area contributed by atoms with E-state index in [-0.39, 0.29) is 5.82 Å². The Balaban J connectivity index is 1.94. The van der Waals surface area contributed by atoms with Crippen molar-refractivity contribution in [3.05, 3.63) is 36.3 Å².